The first kappa shape index (κ1) is 14.7. The second kappa shape index (κ2) is 6.58. The summed E-state index contributed by atoms with van der Waals surface area (Å²) in [6, 6.07) is 8.60. The Bertz CT molecular complexity index is 379. The summed E-state index contributed by atoms with van der Waals surface area (Å²) in [5.74, 6) is 0.680. The van der Waals surface area contributed by atoms with Crippen LogP contribution in [0.4, 0.5) is 0 Å². The zero-order valence-electron chi connectivity index (χ0n) is 12.2. The molecule has 0 spiro atoms. The summed E-state index contributed by atoms with van der Waals surface area (Å²) in [6.45, 7) is 10.3. The zero-order chi connectivity index (χ0) is 13.7. The average Bonchev–Trinajstić information content (AvgIpc) is 2.27. The van der Waals surface area contributed by atoms with Crippen molar-refractivity contribution in [2.75, 3.05) is 0 Å². The highest BCUT2D eigenvalue weighted by atomic mass is 16.1. The van der Waals surface area contributed by atoms with Gasteiger partial charge in [0, 0.05) is 6.04 Å². The van der Waals surface area contributed by atoms with Crippen LogP contribution in [0, 0.1) is 5.92 Å². The van der Waals surface area contributed by atoms with E-state index in [0.717, 1.165) is 12.0 Å². The van der Waals surface area contributed by atoms with Gasteiger partial charge in [-0.05, 0) is 44.2 Å². The van der Waals surface area contributed by atoms with Gasteiger partial charge in [0.05, 0.1) is 5.92 Å². The predicted octanol–water partition coefficient (Wildman–Crippen LogP) is 3.51. The van der Waals surface area contributed by atoms with E-state index >= 15 is 0 Å². The standard InChI is InChI=1S/C16H25NO/c1-11(2)10-14-6-8-15(9-7-14)13(5)16(18)17-12(3)4/h6-9,11-13H,10H2,1-5H3,(H,17,18)/t13-/m1/s1. The lowest BCUT2D eigenvalue weighted by Crippen LogP contribution is -2.33. The predicted molar refractivity (Wildman–Crippen MR) is 76.7 cm³/mol. The van der Waals surface area contributed by atoms with Gasteiger partial charge in [-0.2, -0.15) is 0 Å². The molecular weight excluding hydrogens is 222 g/mol. The molecule has 0 unspecified atom stereocenters. The minimum Gasteiger partial charge on any atom is -0.353 e. The molecule has 0 bridgehead atoms. The maximum Gasteiger partial charge on any atom is 0.227 e. The SMILES string of the molecule is CC(C)Cc1ccc([C@@H](C)C(=O)NC(C)C)cc1. The Morgan fingerprint density at radius 1 is 1.06 bits per heavy atom. The highest BCUT2D eigenvalue weighted by Crippen LogP contribution is 2.17. The number of amides is 1. The normalized spacial score (nSPS) is 12.8. The summed E-state index contributed by atoms with van der Waals surface area (Å²) in [5, 5.41) is 2.95. The van der Waals surface area contributed by atoms with Gasteiger partial charge in [-0.25, -0.2) is 0 Å². The number of hydrogen-bond donors (Lipinski definition) is 1. The van der Waals surface area contributed by atoms with Gasteiger partial charge in [-0.15, -0.1) is 0 Å². The van der Waals surface area contributed by atoms with Crippen LogP contribution in [-0.4, -0.2) is 11.9 Å². The molecule has 0 aliphatic rings. The molecule has 0 aliphatic carbocycles. The molecule has 1 aromatic rings. The van der Waals surface area contributed by atoms with Crippen molar-refractivity contribution < 1.29 is 4.79 Å². The van der Waals surface area contributed by atoms with Crippen molar-refractivity contribution in [1.29, 1.82) is 0 Å². The second-order valence-electron chi connectivity index (χ2n) is 5.72. The van der Waals surface area contributed by atoms with E-state index in [-0.39, 0.29) is 17.9 Å². The first-order valence-electron chi connectivity index (χ1n) is 6.79. The largest absolute Gasteiger partial charge is 0.353 e. The Labute approximate surface area is 111 Å². The van der Waals surface area contributed by atoms with Crippen LogP contribution in [0.3, 0.4) is 0 Å². The van der Waals surface area contributed by atoms with E-state index in [1.807, 2.05) is 20.8 Å². The number of rotatable bonds is 5. The van der Waals surface area contributed by atoms with E-state index in [4.69, 9.17) is 0 Å². The number of benzene rings is 1. The van der Waals surface area contributed by atoms with Crippen LogP contribution in [-0.2, 0) is 11.2 Å². The molecule has 18 heavy (non-hydrogen) atoms. The average molecular weight is 247 g/mol. The van der Waals surface area contributed by atoms with Gasteiger partial charge < -0.3 is 5.32 Å². The lowest BCUT2D eigenvalue weighted by atomic mass is 9.96. The van der Waals surface area contributed by atoms with Crippen molar-refractivity contribution in [2.24, 2.45) is 5.92 Å². The number of hydrogen-bond acceptors (Lipinski definition) is 1. The van der Waals surface area contributed by atoms with Gasteiger partial charge in [0.2, 0.25) is 5.91 Å². The molecule has 1 aromatic carbocycles. The molecule has 0 heterocycles. The minimum absolute atomic E-state index is 0.0829. The van der Waals surface area contributed by atoms with Crippen LogP contribution in [0.1, 0.15) is 51.7 Å². The maximum absolute atomic E-state index is 11.9. The third-order valence-electron chi connectivity index (χ3n) is 2.95. The minimum atomic E-state index is -0.0829. The fourth-order valence-corrected chi connectivity index (χ4v) is 1.97. The number of carbonyl (C=O) groups is 1. The summed E-state index contributed by atoms with van der Waals surface area (Å²) in [4.78, 5) is 11.9. The third-order valence-corrected chi connectivity index (χ3v) is 2.95. The Morgan fingerprint density at radius 3 is 2.06 bits per heavy atom. The van der Waals surface area contributed by atoms with Crippen LogP contribution in [0.2, 0.25) is 0 Å². The van der Waals surface area contributed by atoms with Crippen LogP contribution in [0.25, 0.3) is 0 Å². The Morgan fingerprint density at radius 2 is 1.61 bits per heavy atom. The van der Waals surface area contributed by atoms with Gasteiger partial charge in [-0.3, -0.25) is 4.79 Å². The Balaban J connectivity index is 2.69. The molecule has 2 heteroatoms. The summed E-state index contributed by atoms with van der Waals surface area (Å²) in [7, 11) is 0. The van der Waals surface area contributed by atoms with Crippen LogP contribution < -0.4 is 5.32 Å². The van der Waals surface area contributed by atoms with Crippen molar-refractivity contribution in [3.8, 4) is 0 Å². The van der Waals surface area contributed by atoms with Gasteiger partial charge in [0.15, 0.2) is 0 Å². The van der Waals surface area contributed by atoms with Crippen LogP contribution in [0.15, 0.2) is 24.3 Å². The van der Waals surface area contributed by atoms with Gasteiger partial charge >= 0.3 is 0 Å². The summed E-state index contributed by atoms with van der Waals surface area (Å²) < 4.78 is 0. The second-order valence-corrected chi connectivity index (χ2v) is 5.72. The van der Waals surface area contributed by atoms with Crippen molar-refractivity contribution in [3.05, 3.63) is 35.4 Å². The van der Waals surface area contributed by atoms with E-state index in [9.17, 15) is 4.79 Å². The summed E-state index contributed by atoms with van der Waals surface area (Å²) in [6.07, 6.45) is 1.09. The van der Waals surface area contributed by atoms with E-state index < -0.39 is 0 Å². The maximum atomic E-state index is 11.9. The molecule has 1 amide bonds. The van der Waals surface area contributed by atoms with E-state index in [1.54, 1.807) is 0 Å². The van der Waals surface area contributed by atoms with Crippen molar-refractivity contribution >= 4 is 5.91 Å². The van der Waals surface area contributed by atoms with E-state index in [2.05, 4.69) is 43.4 Å². The van der Waals surface area contributed by atoms with Crippen molar-refractivity contribution in [3.63, 3.8) is 0 Å². The fourth-order valence-electron chi connectivity index (χ4n) is 1.97. The summed E-state index contributed by atoms with van der Waals surface area (Å²) in [5.41, 5.74) is 2.42. The lowest BCUT2D eigenvalue weighted by Gasteiger charge is -2.15. The van der Waals surface area contributed by atoms with Crippen molar-refractivity contribution in [2.45, 2.75) is 53.0 Å². The lowest BCUT2D eigenvalue weighted by molar-refractivity contribution is -0.122. The molecule has 100 valence electrons. The summed E-state index contributed by atoms with van der Waals surface area (Å²) >= 11 is 0. The quantitative estimate of drug-likeness (QED) is 0.847. The van der Waals surface area contributed by atoms with Crippen LogP contribution in [0.5, 0.6) is 0 Å². The molecule has 0 aliphatic heterocycles. The van der Waals surface area contributed by atoms with Gasteiger partial charge in [0.1, 0.15) is 0 Å². The molecule has 0 saturated heterocycles. The molecule has 0 aromatic heterocycles. The molecular formula is C16H25NO. The number of carbonyl (C=O) groups excluding carboxylic acids is 1. The molecule has 1 rings (SSSR count). The molecule has 1 N–H and O–H groups in total. The van der Waals surface area contributed by atoms with Crippen LogP contribution >= 0.6 is 0 Å². The first-order chi connectivity index (χ1) is 8.40. The van der Waals surface area contributed by atoms with E-state index in [1.165, 1.54) is 5.56 Å². The van der Waals surface area contributed by atoms with Crippen molar-refractivity contribution in [1.82, 2.24) is 5.32 Å². The monoisotopic (exact) mass is 247 g/mol. The Hall–Kier alpha value is -1.31. The topological polar surface area (TPSA) is 29.1 Å². The molecule has 0 saturated carbocycles. The highest BCUT2D eigenvalue weighted by Gasteiger charge is 2.15. The molecule has 0 fully saturated rings. The highest BCUT2D eigenvalue weighted by molar-refractivity contribution is 5.83. The van der Waals surface area contributed by atoms with Gasteiger partial charge in [0.25, 0.3) is 0 Å². The third kappa shape index (κ3) is 4.52. The van der Waals surface area contributed by atoms with Gasteiger partial charge in [-0.1, -0.05) is 38.1 Å². The Kier molecular flexibility index (Phi) is 5.39. The fraction of sp³-hybridized carbons (Fsp3) is 0.562. The van der Waals surface area contributed by atoms with E-state index in [0.29, 0.717) is 5.92 Å². The number of nitrogens with one attached hydrogen (secondary N) is 1. The first-order valence-corrected chi connectivity index (χ1v) is 6.79. The molecule has 0 radical (unpaired) electrons. The zero-order valence-corrected chi connectivity index (χ0v) is 12.2. The molecule has 2 nitrogen and oxygen atoms in total. The smallest absolute Gasteiger partial charge is 0.227 e. The molecule has 1 atom stereocenters.